The molecule has 1 aromatic rings. The predicted molar refractivity (Wildman–Crippen MR) is 71.8 cm³/mol. The Morgan fingerprint density at radius 2 is 1.76 bits per heavy atom. The molecule has 0 N–H and O–H groups in total. The molecule has 1 unspecified atom stereocenters. The molecule has 0 aromatic carbocycles. The highest BCUT2D eigenvalue weighted by Gasteiger charge is 2.09. The molecule has 0 spiro atoms. The van der Waals surface area contributed by atoms with Crippen molar-refractivity contribution in [3.05, 3.63) is 12.4 Å². The van der Waals surface area contributed by atoms with Gasteiger partial charge in [-0.1, -0.05) is 57.6 Å². The van der Waals surface area contributed by atoms with Crippen molar-refractivity contribution in [3.63, 3.8) is 0 Å². The monoisotopic (exact) mass is 237 g/mol. The van der Waals surface area contributed by atoms with Gasteiger partial charge in [-0.15, -0.1) is 5.10 Å². The molecule has 0 amide bonds. The van der Waals surface area contributed by atoms with Crippen LogP contribution in [0.15, 0.2) is 12.4 Å². The van der Waals surface area contributed by atoms with Crippen molar-refractivity contribution >= 4 is 0 Å². The molecule has 0 bridgehead atoms. The fourth-order valence-corrected chi connectivity index (χ4v) is 2.27. The van der Waals surface area contributed by atoms with Crippen LogP contribution < -0.4 is 0 Å². The molecule has 0 aliphatic rings. The maximum Gasteiger partial charge on any atom is 0.0692 e. The first-order valence-electron chi connectivity index (χ1n) is 7.20. The van der Waals surface area contributed by atoms with E-state index in [1.807, 2.05) is 10.9 Å². The normalized spacial score (nSPS) is 12.8. The van der Waals surface area contributed by atoms with Crippen LogP contribution in [0.25, 0.3) is 0 Å². The molecule has 0 aliphatic heterocycles. The summed E-state index contributed by atoms with van der Waals surface area (Å²) in [6.45, 7) is 5.58. The Labute approximate surface area is 106 Å². The van der Waals surface area contributed by atoms with Gasteiger partial charge < -0.3 is 0 Å². The van der Waals surface area contributed by atoms with Crippen LogP contribution in [0.1, 0.15) is 65.2 Å². The van der Waals surface area contributed by atoms with E-state index in [9.17, 15) is 0 Å². The highest BCUT2D eigenvalue weighted by atomic mass is 15.4. The second-order valence-corrected chi connectivity index (χ2v) is 4.98. The molecular weight excluding hydrogens is 210 g/mol. The quantitative estimate of drug-likeness (QED) is 0.575. The van der Waals surface area contributed by atoms with E-state index < -0.39 is 0 Å². The topological polar surface area (TPSA) is 30.7 Å². The Morgan fingerprint density at radius 3 is 2.41 bits per heavy atom. The molecule has 1 aromatic heterocycles. The molecule has 0 fully saturated rings. The number of rotatable bonds is 10. The van der Waals surface area contributed by atoms with Crippen molar-refractivity contribution in [2.45, 2.75) is 71.8 Å². The Kier molecular flexibility index (Phi) is 7.69. The minimum atomic E-state index is 0.786. The van der Waals surface area contributed by atoms with Crippen LogP contribution in [0.4, 0.5) is 0 Å². The highest BCUT2D eigenvalue weighted by molar-refractivity contribution is 4.67. The zero-order chi connectivity index (χ0) is 12.3. The smallest absolute Gasteiger partial charge is 0.0692 e. The van der Waals surface area contributed by atoms with Gasteiger partial charge in [0.25, 0.3) is 0 Å². The van der Waals surface area contributed by atoms with E-state index in [1.165, 1.54) is 51.4 Å². The minimum absolute atomic E-state index is 0.786. The first kappa shape index (κ1) is 14.2. The number of nitrogens with zero attached hydrogens (tertiary/aromatic N) is 3. The Balaban J connectivity index is 2.26. The van der Waals surface area contributed by atoms with Gasteiger partial charge in [0.1, 0.15) is 0 Å². The highest BCUT2D eigenvalue weighted by Crippen LogP contribution is 2.18. The molecular formula is C14H27N3. The fourth-order valence-electron chi connectivity index (χ4n) is 2.27. The number of hydrogen-bond donors (Lipinski definition) is 0. The van der Waals surface area contributed by atoms with Gasteiger partial charge in [0.2, 0.25) is 0 Å². The summed E-state index contributed by atoms with van der Waals surface area (Å²) in [6, 6.07) is 0. The molecule has 0 saturated heterocycles. The maximum absolute atomic E-state index is 4.08. The van der Waals surface area contributed by atoms with Crippen LogP contribution in [0.3, 0.4) is 0 Å². The third kappa shape index (κ3) is 6.44. The SMILES string of the molecule is CCCCCCC(CCCC)Cn1ccnn1. The molecule has 0 aliphatic carbocycles. The summed E-state index contributed by atoms with van der Waals surface area (Å²) in [4.78, 5) is 0. The van der Waals surface area contributed by atoms with Crippen LogP contribution in [-0.2, 0) is 6.54 Å². The molecule has 3 nitrogen and oxygen atoms in total. The lowest BCUT2D eigenvalue weighted by atomic mass is 9.95. The van der Waals surface area contributed by atoms with Gasteiger partial charge in [-0.3, -0.25) is 4.68 Å². The summed E-state index contributed by atoms with van der Waals surface area (Å²) >= 11 is 0. The molecule has 3 heteroatoms. The second-order valence-electron chi connectivity index (χ2n) is 4.98. The van der Waals surface area contributed by atoms with Gasteiger partial charge in [0.15, 0.2) is 0 Å². The summed E-state index contributed by atoms with van der Waals surface area (Å²) in [5.41, 5.74) is 0. The average molecular weight is 237 g/mol. The first-order chi connectivity index (χ1) is 8.36. The summed E-state index contributed by atoms with van der Waals surface area (Å²) < 4.78 is 1.99. The average Bonchev–Trinajstić information content (AvgIpc) is 2.84. The van der Waals surface area contributed by atoms with Crippen molar-refractivity contribution in [3.8, 4) is 0 Å². The number of unbranched alkanes of at least 4 members (excludes halogenated alkanes) is 4. The zero-order valence-corrected chi connectivity index (χ0v) is 11.4. The lowest BCUT2D eigenvalue weighted by Gasteiger charge is -2.16. The van der Waals surface area contributed by atoms with Crippen LogP contribution >= 0.6 is 0 Å². The molecule has 1 heterocycles. The van der Waals surface area contributed by atoms with Gasteiger partial charge >= 0.3 is 0 Å². The minimum Gasteiger partial charge on any atom is -0.252 e. The van der Waals surface area contributed by atoms with Crippen LogP contribution in [0.2, 0.25) is 0 Å². The zero-order valence-electron chi connectivity index (χ0n) is 11.4. The van der Waals surface area contributed by atoms with Crippen molar-refractivity contribution in [1.82, 2.24) is 15.0 Å². The van der Waals surface area contributed by atoms with Crippen molar-refractivity contribution in [2.75, 3.05) is 0 Å². The number of hydrogen-bond acceptors (Lipinski definition) is 2. The summed E-state index contributed by atoms with van der Waals surface area (Å²) in [5.74, 6) is 0.786. The van der Waals surface area contributed by atoms with E-state index in [1.54, 1.807) is 6.20 Å². The standard InChI is InChI=1S/C14H27N3/c1-3-5-7-8-10-14(9-6-4-2)13-17-12-11-15-16-17/h11-12,14H,3-10,13H2,1-2H3. The van der Waals surface area contributed by atoms with E-state index >= 15 is 0 Å². The van der Waals surface area contributed by atoms with E-state index in [-0.39, 0.29) is 0 Å². The molecule has 0 radical (unpaired) electrons. The van der Waals surface area contributed by atoms with Crippen LogP contribution in [0.5, 0.6) is 0 Å². The van der Waals surface area contributed by atoms with Crippen molar-refractivity contribution < 1.29 is 0 Å². The Bertz CT molecular complexity index is 256. The molecule has 17 heavy (non-hydrogen) atoms. The van der Waals surface area contributed by atoms with Crippen LogP contribution in [-0.4, -0.2) is 15.0 Å². The molecule has 0 saturated carbocycles. The largest absolute Gasteiger partial charge is 0.252 e. The Hall–Kier alpha value is -0.860. The van der Waals surface area contributed by atoms with Gasteiger partial charge in [-0.25, -0.2) is 0 Å². The molecule has 1 rings (SSSR count). The lowest BCUT2D eigenvalue weighted by Crippen LogP contribution is -2.12. The lowest BCUT2D eigenvalue weighted by molar-refractivity contribution is 0.344. The molecule has 1 atom stereocenters. The maximum atomic E-state index is 4.08. The summed E-state index contributed by atoms with van der Waals surface area (Å²) in [5, 5.41) is 7.95. The third-order valence-corrected chi connectivity index (χ3v) is 3.35. The van der Waals surface area contributed by atoms with Gasteiger partial charge in [0, 0.05) is 12.7 Å². The predicted octanol–water partition coefficient (Wildman–Crippen LogP) is 4.05. The van der Waals surface area contributed by atoms with E-state index in [2.05, 4.69) is 24.2 Å². The third-order valence-electron chi connectivity index (χ3n) is 3.35. The van der Waals surface area contributed by atoms with E-state index in [0.717, 1.165) is 12.5 Å². The van der Waals surface area contributed by atoms with Crippen molar-refractivity contribution in [2.24, 2.45) is 5.92 Å². The molecule has 98 valence electrons. The van der Waals surface area contributed by atoms with Gasteiger partial charge in [0.05, 0.1) is 6.20 Å². The Morgan fingerprint density at radius 1 is 1.00 bits per heavy atom. The van der Waals surface area contributed by atoms with Gasteiger partial charge in [-0.05, 0) is 18.8 Å². The van der Waals surface area contributed by atoms with E-state index in [0.29, 0.717) is 0 Å². The number of aromatic nitrogens is 3. The van der Waals surface area contributed by atoms with Crippen LogP contribution in [0, 0.1) is 5.92 Å². The summed E-state index contributed by atoms with van der Waals surface area (Å²) in [6.07, 6.45) is 14.5. The fraction of sp³-hybridized carbons (Fsp3) is 0.857. The first-order valence-corrected chi connectivity index (χ1v) is 7.20. The van der Waals surface area contributed by atoms with Crippen molar-refractivity contribution in [1.29, 1.82) is 0 Å². The second kappa shape index (κ2) is 9.20. The van der Waals surface area contributed by atoms with Gasteiger partial charge in [-0.2, -0.15) is 0 Å². The summed E-state index contributed by atoms with van der Waals surface area (Å²) in [7, 11) is 0. The van der Waals surface area contributed by atoms with E-state index in [4.69, 9.17) is 0 Å².